The largest absolute Gasteiger partial charge is 0.464 e. The molecular weight excluding hydrogens is 417 g/mol. The van der Waals surface area contributed by atoms with Crippen LogP contribution < -0.4 is 9.46 Å². The van der Waals surface area contributed by atoms with Crippen molar-refractivity contribution in [3.05, 3.63) is 95.3 Å². The number of fused-ring (bicyclic) bond motifs is 3. The first-order valence-electron chi connectivity index (χ1n) is 9.82. The molecule has 0 aliphatic carbocycles. The van der Waals surface area contributed by atoms with Crippen LogP contribution in [0.15, 0.2) is 77.9 Å². The Morgan fingerprint density at radius 1 is 1.06 bits per heavy atom. The van der Waals surface area contributed by atoms with Crippen LogP contribution in [-0.2, 0) is 10.0 Å². The maximum absolute atomic E-state index is 13.5. The molecule has 0 unspecified atom stereocenters. The van der Waals surface area contributed by atoms with Crippen molar-refractivity contribution < 1.29 is 17.5 Å². The lowest BCUT2D eigenvalue weighted by Crippen LogP contribution is -2.33. The second-order valence-corrected chi connectivity index (χ2v) is 9.41. The Balaban J connectivity index is 1.54. The number of nitrogens with one attached hydrogen (secondary N) is 1. The number of anilines is 1. The first kappa shape index (κ1) is 19.6. The molecule has 8 heteroatoms. The maximum Gasteiger partial charge on any atom is 0.229 e. The number of ether oxygens (including phenoxy) is 1. The Labute approximate surface area is 180 Å². The van der Waals surface area contributed by atoms with Crippen LogP contribution in [0.2, 0.25) is 0 Å². The van der Waals surface area contributed by atoms with Crippen molar-refractivity contribution in [3.8, 4) is 5.75 Å². The summed E-state index contributed by atoms with van der Waals surface area (Å²) in [6.07, 6.45) is 1.27. The zero-order chi connectivity index (χ0) is 21.6. The number of hydrogen-bond acceptors (Lipinski definition) is 5. The van der Waals surface area contributed by atoms with Crippen LogP contribution in [0.5, 0.6) is 5.75 Å². The lowest BCUT2D eigenvalue weighted by molar-refractivity contribution is -0.0190. The van der Waals surface area contributed by atoms with E-state index < -0.39 is 16.3 Å². The van der Waals surface area contributed by atoms with Gasteiger partial charge >= 0.3 is 0 Å². The van der Waals surface area contributed by atoms with Crippen LogP contribution in [0.4, 0.5) is 10.1 Å². The zero-order valence-electron chi connectivity index (χ0n) is 16.7. The molecule has 3 aromatic rings. The van der Waals surface area contributed by atoms with Gasteiger partial charge in [-0.2, -0.15) is 5.10 Å². The number of hydrogen-bond donors (Lipinski definition) is 1. The van der Waals surface area contributed by atoms with Crippen molar-refractivity contribution in [2.45, 2.75) is 18.7 Å². The second-order valence-electron chi connectivity index (χ2n) is 7.66. The van der Waals surface area contributed by atoms with E-state index in [1.807, 2.05) is 35.3 Å². The van der Waals surface area contributed by atoms with Gasteiger partial charge in [0.15, 0.2) is 0 Å². The van der Waals surface area contributed by atoms with Crippen LogP contribution in [0.3, 0.4) is 0 Å². The summed E-state index contributed by atoms with van der Waals surface area (Å²) in [6, 6.07) is 21.2. The molecule has 2 heterocycles. The molecule has 2 atom stereocenters. The van der Waals surface area contributed by atoms with Gasteiger partial charge in [0.2, 0.25) is 16.3 Å². The highest BCUT2D eigenvalue weighted by Gasteiger charge is 2.40. The molecule has 3 aromatic carbocycles. The van der Waals surface area contributed by atoms with Crippen LogP contribution >= 0.6 is 0 Å². The maximum atomic E-state index is 13.5. The Morgan fingerprint density at radius 2 is 1.84 bits per heavy atom. The molecule has 31 heavy (non-hydrogen) atoms. The third-order valence-electron chi connectivity index (χ3n) is 5.35. The van der Waals surface area contributed by atoms with Gasteiger partial charge in [0, 0.05) is 23.2 Å². The highest BCUT2D eigenvalue weighted by Crippen LogP contribution is 2.47. The smallest absolute Gasteiger partial charge is 0.229 e. The highest BCUT2D eigenvalue weighted by molar-refractivity contribution is 7.92. The summed E-state index contributed by atoms with van der Waals surface area (Å²) < 4.78 is 45.4. The van der Waals surface area contributed by atoms with Gasteiger partial charge < -0.3 is 4.74 Å². The molecule has 0 radical (unpaired) electrons. The summed E-state index contributed by atoms with van der Waals surface area (Å²) >= 11 is 0. The third kappa shape index (κ3) is 3.86. The SMILES string of the molecule is CS(=O)(=O)Nc1cccc(C2=NN3[C@H](C2)c2ccccc2O[C@H]3c2ccc(F)cc2)c1. The minimum absolute atomic E-state index is 0.0403. The van der Waals surface area contributed by atoms with Crippen LogP contribution in [0.25, 0.3) is 0 Å². The van der Waals surface area contributed by atoms with Crippen molar-refractivity contribution in [2.75, 3.05) is 11.0 Å². The first-order valence-corrected chi connectivity index (χ1v) is 11.7. The lowest BCUT2D eigenvalue weighted by Gasteiger charge is -2.38. The minimum atomic E-state index is -3.38. The summed E-state index contributed by atoms with van der Waals surface area (Å²) in [5.74, 6) is 0.472. The van der Waals surface area contributed by atoms with Crippen molar-refractivity contribution >= 4 is 21.4 Å². The highest BCUT2D eigenvalue weighted by atomic mass is 32.2. The average Bonchev–Trinajstić information content (AvgIpc) is 3.19. The summed E-state index contributed by atoms with van der Waals surface area (Å²) in [6.45, 7) is 0. The predicted molar refractivity (Wildman–Crippen MR) is 117 cm³/mol. The summed E-state index contributed by atoms with van der Waals surface area (Å²) in [5.41, 5.74) is 3.98. The molecular formula is C23H20FN3O3S. The molecule has 0 aromatic heterocycles. The van der Waals surface area contributed by atoms with E-state index in [0.29, 0.717) is 12.1 Å². The lowest BCUT2D eigenvalue weighted by atomic mass is 9.96. The van der Waals surface area contributed by atoms with Crippen LogP contribution in [0, 0.1) is 5.82 Å². The number of para-hydroxylation sites is 1. The fourth-order valence-electron chi connectivity index (χ4n) is 4.03. The van der Waals surface area contributed by atoms with E-state index in [-0.39, 0.29) is 11.9 Å². The van der Waals surface area contributed by atoms with E-state index in [4.69, 9.17) is 9.84 Å². The van der Waals surface area contributed by atoms with E-state index in [2.05, 4.69) is 4.72 Å². The molecule has 0 saturated carbocycles. The van der Waals surface area contributed by atoms with E-state index >= 15 is 0 Å². The Bertz CT molecular complexity index is 1280. The first-order chi connectivity index (χ1) is 14.9. The molecule has 6 nitrogen and oxygen atoms in total. The molecule has 0 bridgehead atoms. The third-order valence-corrected chi connectivity index (χ3v) is 5.96. The average molecular weight is 437 g/mol. The standard InChI is InChI=1S/C23H20FN3O3S/c1-31(28,29)26-18-6-4-5-16(13-18)20-14-21-19-7-2-3-8-22(19)30-23(27(21)25-20)15-9-11-17(24)12-10-15/h2-13,21,23,26H,14H2,1H3/t21-,23+/m1/s1. The molecule has 2 aliphatic heterocycles. The van der Waals surface area contributed by atoms with Gasteiger partial charge in [0.05, 0.1) is 18.0 Å². The predicted octanol–water partition coefficient (Wildman–Crippen LogP) is 4.44. The number of halogens is 1. The fourth-order valence-corrected chi connectivity index (χ4v) is 4.59. The fraction of sp³-hybridized carbons (Fsp3) is 0.174. The van der Waals surface area contributed by atoms with Crippen molar-refractivity contribution in [3.63, 3.8) is 0 Å². The molecule has 0 saturated heterocycles. The summed E-state index contributed by atoms with van der Waals surface area (Å²) in [5, 5.41) is 6.76. The van der Waals surface area contributed by atoms with Gasteiger partial charge in [-0.25, -0.2) is 17.8 Å². The number of rotatable bonds is 4. The van der Waals surface area contributed by atoms with Gasteiger partial charge in [-0.15, -0.1) is 0 Å². The molecule has 158 valence electrons. The number of nitrogens with zero attached hydrogens (tertiary/aromatic N) is 2. The van der Waals surface area contributed by atoms with E-state index in [1.54, 1.807) is 30.3 Å². The number of hydrazone groups is 1. The van der Waals surface area contributed by atoms with Gasteiger partial charge in [-0.3, -0.25) is 4.72 Å². The molecule has 2 aliphatic rings. The molecule has 1 N–H and O–H groups in total. The topological polar surface area (TPSA) is 71.0 Å². The van der Waals surface area contributed by atoms with E-state index in [9.17, 15) is 12.8 Å². The van der Waals surface area contributed by atoms with Gasteiger partial charge in [-0.1, -0.05) is 42.5 Å². The zero-order valence-corrected chi connectivity index (χ0v) is 17.5. The molecule has 5 rings (SSSR count). The Morgan fingerprint density at radius 3 is 2.61 bits per heavy atom. The number of sulfonamides is 1. The number of benzene rings is 3. The molecule has 0 spiro atoms. The minimum Gasteiger partial charge on any atom is -0.464 e. The van der Waals surface area contributed by atoms with Crippen LogP contribution in [-0.4, -0.2) is 25.4 Å². The van der Waals surface area contributed by atoms with Gasteiger partial charge in [0.1, 0.15) is 11.6 Å². The monoisotopic (exact) mass is 437 g/mol. The Hall–Kier alpha value is -3.39. The Kier molecular flexibility index (Phi) is 4.66. The van der Waals surface area contributed by atoms with Crippen molar-refractivity contribution in [1.82, 2.24) is 5.01 Å². The summed E-state index contributed by atoms with van der Waals surface area (Å²) in [4.78, 5) is 0. The van der Waals surface area contributed by atoms with Gasteiger partial charge in [0.25, 0.3) is 0 Å². The van der Waals surface area contributed by atoms with E-state index in [0.717, 1.165) is 34.4 Å². The summed E-state index contributed by atoms with van der Waals surface area (Å²) in [7, 11) is -3.38. The molecule has 0 fully saturated rings. The van der Waals surface area contributed by atoms with E-state index in [1.165, 1.54) is 12.1 Å². The second kappa shape index (κ2) is 7.39. The van der Waals surface area contributed by atoms with Gasteiger partial charge in [-0.05, 0) is 35.9 Å². The normalized spacial score (nSPS) is 19.8. The quantitative estimate of drug-likeness (QED) is 0.655. The van der Waals surface area contributed by atoms with Crippen molar-refractivity contribution in [1.29, 1.82) is 0 Å². The van der Waals surface area contributed by atoms with Crippen molar-refractivity contribution in [2.24, 2.45) is 5.10 Å². The van der Waals surface area contributed by atoms with Crippen LogP contribution in [0.1, 0.15) is 35.4 Å². The molecule has 0 amide bonds.